The van der Waals surface area contributed by atoms with E-state index in [0.29, 0.717) is 6.42 Å². The van der Waals surface area contributed by atoms with Crippen molar-refractivity contribution in [2.75, 3.05) is 6.61 Å². The molecule has 0 saturated carbocycles. The summed E-state index contributed by atoms with van der Waals surface area (Å²) in [7, 11) is -4.12. The molecule has 94 valence electrons. The van der Waals surface area contributed by atoms with Crippen molar-refractivity contribution < 1.29 is 23.5 Å². The zero-order chi connectivity index (χ0) is 12.7. The van der Waals surface area contributed by atoms with Crippen molar-refractivity contribution in [2.24, 2.45) is 0 Å². The summed E-state index contributed by atoms with van der Waals surface area (Å²) in [6.45, 7) is 2.12. The molecule has 1 aromatic carbocycles. The molecule has 0 heterocycles. The van der Waals surface area contributed by atoms with Crippen molar-refractivity contribution in [3.05, 3.63) is 30.3 Å². The molecule has 1 atom stereocenters. The van der Waals surface area contributed by atoms with Gasteiger partial charge in [-0.25, -0.2) is 9.36 Å². The molecule has 0 aromatic heterocycles. The largest absolute Gasteiger partial charge is 0.515 e. The first-order valence-corrected chi connectivity index (χ1v) is 6.89. The fraction of sp³-hybridized carbons (Fsp3) is 0.364. The van der Waals surface area contributed by atoms with Gasteiger partial charge in [0.25, 0.3) is 0 Å². The summed E-state index contributed by atoms with van der Waals surface area (Å²) in [5.41, 5.74) is 0. The lowest BCUT2D eigenvalue weighted by Gasteiger charge is -2.11. The van der Waals surface area contributed by atoms with Gasteiger partial charge in [0, 0.05) is 0 Å². The van der Waals surface area contributed by atoms with Crippen LogP contribution in [0.2, 0.25) is 0 Å². The third-order valence-corrected chi connectivity index (χ3v) is 3.35. The smallest absolute Gasteiger partial charge is 0.434 e. The van der Waals surface area contributed by atoms with Crippen LogP contribution in [-0.2, 0) is 13.8 Å². The molecule has 6 heteroatoms. The summed E-state index contributed by atoms with van der Waals surface area (Å²) in [5.74, 6) is 0. The maximum Gasteiger partial charge on any atom is 0.515 e. The minimum atomic E-state index is -4.12. The standard InChI is InChI=1S/C11H15O5P/c1-2-3-9-15-11(12)16-17(13,14)10-7-5-4-6-8-10/h4-8H,2-3,9H2,1H3,(H,13,14). The maximum absolute atomic E-state index is 11.7. The maximum atomic E-state index is 11.7. The van der Waals surface area contributed by atoms with Gasteiger partial charge in [-0.15, -0.1) is 0 Å². The molecule has 1 aromatic rings. The van der Waals surface area contributed by atoms with Gasteiger partial charge in [0.2, 0.25) is 0 Å². The molecule has 0 aliphatic rings. The number of hydrogen-bond donors (Lipinski definition) is 1. The molecule has 0 amide bonds. The minimum Gasteiger partial charge on any atom is -0.434 e. The van der Waals surface area contributed by atoms with Crippen LogP contribution in [0.1, 0.15) is 19.8 Å². The molecule has 1 N–H and O–H groups in total. The highest BCUT2D eigenvalue weighted by Gasteiger charge is 2.27. The molecule has 0 aliphatic carbocycles. The number of carbonyl (C=O) groups excluding carboxylic acids is 1. The van der Waals surface area contributed by atoms with Crippen LogP contribution in [0, 0.1) is 0 Å². The Kier molecular flexibility index (Phi) is 5.19. The van der Waals surface area contributed by atoms with E-state index in [2.05, 4.69) is 9.26 Å². The van der Waals surface area contributed by atoms with Gasteiger partial charge >= 0.3 is 13.8 Å². The van der Waals surface area contributed by atoms with Crippen molar-refractivity contribution in [3.8, 4) is 0 Å². The Morgan fingerprint density at radius 3 is 2.59 bits per heavy atom. The molecule has 0 saturated heterocycles. The lowest BCUT2D eigenvalue weighted by molar-refractivity contribution is 0.0949. The van der Waals surface area contributed by atoms with Crippen LogP contribution in [-0.4, -0.2) is 17.7 Å². The molecule has 0 fully saturated rings. The van der Waals surface area contributed by atoms with Crippen LogP contribution in [0.4, 0.5) is 4.79 Å². The molecular weight excluding hydrogens is 243 g/mol. The number of hydrogen-bond acceptors (Lipinski definition) is 4. The topological polar surface area (TPSA) is 72.8 Å². The van der Waals surface area contributed by atoms with E-state index >= 15 is 0 Å². The predicted octanol–water partition coefficient (Wildman–Crippen LogP) is 2.45. The van der Waals surface area contributed by atoms with Gasteiger partial charge in [0.05, 0.1) is 11.9 Å². The summed E-state index contributed by atoms with van der Waals surface area (Å²) < 4.78 is 20.8. The molecule has 0 bridgehead atoms. The van der Waals surface area contributed by atoms with Crippen LogP contribution in [0.5, 0.6) is 0 Å². The highest BCUT2D eigenvalue weighted by atomic mass is 31.2. The van der Waals surface area contributed by atoms with Gasteiger partial charge in [0.15, 0.2) is 0 Å². The zero-order valence-corrected chi connectivity index (χ0v) is 10.4. The van der Waals surface area contributed by atoms with Crippen molar-refractivity contribution in [3.63, 3.8) is 0 Å². The molecule has 1 unspecified atom stereocenters. The first-order valence-electron chi connectivity index (χ1n) is 5.31. The number of unbranched alkanes of at least 4 members (excludes halogenated alkanes) is 1. The first-order chi connectivity index (χ1) is 8.06. The number of rotatable bonds is 5. The van der Waals surface area contributed by atoms with E-state index in [1.165, 1.54) is 12.1 Å². The molecule has 0 radical (unpaired) electrons. The Morgan fingerprint density at radius 1 is 1.35 bits per heavy atom. The highest BCUT2D eigenvalue weighted by Crippen LogP contribution is 2.40. The van der Waals surface area contributed by atoms with Crippen molar-refractivity contribution in [2.45, 2.75) is 19.8 Å². The summed E-state index contributed by atoms with van der Waals surface area (Å²) >= 11 is 0. The molecular formula is C11H15O5P. The fourth-order valence-electron chi connectivity index (χ4n) is 1.10. The summed E-state index contributed by atoms with van der Waals surface area (Å²) in [6.07, 6.45) is 0.437. The van der Waals surface area contributed by atoms with Gasteiger partial charge in [-0.1, -0.05) is 31.5 Å². The quantitative estimate of drug-likeness (QED) is 0.499. The van der Waals surface area contributed by atoms with Gasteiger partial charge < -0.3 is 14.2 Å². The first kappa shape index (κ1) is 13.7. The molecule has 0 spiro atoms. The van der Waals surface area contributed by atoms with Crippen LogP contribution in [0.25, 0.3) is 0 Å². The second kappa shape index (κ2) is 6.42. The number of carbonyl (C=O) groups is 1. The number of benzene rings is 1. The summed E-state index contributed by atoms with van der Waals surface area (Å²) in [6, 6.07) is 7.71. The van der Waals surface area contributed by atoms with Gasteiger partial charge in [-0.2, -0.15) is 0 Å². The average Bonchev–Trinajstić information content (AvgIpc) is 2.30. The Labute approximate surface area is 99.9 Å². The monoisotopic (exact) mass is 258 g/mol. The van der Waals surface area contributed by atoms with Gasteiger partial charge in [-0.05, 0) is 18.6 Å². The van der Waals surface area contributed by atoms with E-state index in [0.717, 1.165) is 6.42 Å². The van der Waals surface area contributed by atoms with Crippen molar-refractivity contribution in [1.82, 2.24) is 0 Å². The second-order valence-electron chi connectivity index (χ2n) is 3.40. The van der Waals surface area contributed by atoms with Crippen LogP contribution in [0.15, 0.2) is 30.3 Å². The van der Waals surface area contributed by atoms with E-state index in [1.807, 2.05) is 6.92 Å². The van der Waals surface area contributed by atoms with E-state index in [4.69, 9.17) is 0 Å². The van der Waals surface area contributed by atoms with Crippen molar-refractivity contribution >= 4 is 19.1 Å². The molecule has 17 heavy (non-hydrogen) atoms. The third-order valence-electron chi connectivity index (χ3n) is 2.00. The second-order valence-corrected chi connectivity index (χ2v) is 5.14. The van der Waals surface area contributed by atoms with E-state index in [1.54, 1.807) is 18.2 Å². The lowest BCUT2D eigenvalue weighted by Crippen LogP contribution is -2.13. The van der Waals surface area contributed by atoms with Gasteiger partial charge in [-0.3, -0.25) is 0 Å². The van der Waals surface area contributed by atoms with E-state index in [-0.39, 0.29) is 11.9 Å². The van der Waals surface area contributed by atoms with E-state index < -0.39 is 13.8 Å². The van der Waals surface area contributed by atoms with Crippen molar-refractivity contribution in [1.29, 1.82) is 0 Å². The zero-order valence-electron chi connectivity index (χ0n) is 9.54. The molecule has 1 rings (SSSR count). The minimum absolute atomic E-state index is 0.0624. The Hall–Kier alpha value is -1.32. The predicted molar refractivity (Wildman–Crippen MR) is 63.2 cm³/mol. The highest BCUT2D eigenvalue weighted by molar-refractivity contribution is 7.61. The van der Waals surface area contributed by atoms with Crippen LogP contribution in [0.3, 0.4) is 0 Å². The fourth-order valence-corrected chi connectivity index (χ4v) is 2.01. The van der Waals surface area contributed by atoms with E-state index in [9.17, 15) is 14.3 Å². The SMILES string of the molecule is CCCCOC(=O)OP(=O)(O)c1ccccc1. The number of ether oxygens (including phenoxy) is 1. The summed E-state index contributed by atoms with van der Waals surface area (Å²) in [5, 5.41) is 0.0624. The molecule has 0 aliphatic heterocycles. The lowest BCUT2D eigenvalue weighted by atomic mass is 10.4. The van der Waals surface area contributed by atoms with Crippen LogP contribution < -0.4 is 5.30 Å². The van der Waals surface area contributed by atoms with Gasteiger partial charge in [0.1, 0.15) is 0 Å². The third kappa shape index (κ3) is 4.59. The normalized spacial score (nSPS) is 13.8. The average molecular weight is 258 g/mol. The van der Waals surface area contributed by atoms with Crippen LogP contribution >= 0.6 is 7.60 Å². The Morgan fingerprint density at radius 2 is 2.00 bits per heavy atom. The Bertz CT molecular complexity index is 404. The molecule has 5 nitrogen and oxygen atoms in total. The summed E-state index contributed by atoms with van der Waals surface area (Å²) in [4.78, 5) is 20.7. The Balaban J connectivity index is 2.55.